The van der Waals surface area contributed by atoms with Gasteiger partial charge in [0.1, 0.15) is 11.5 Å². The molecule has 0 aliphatic carbocycles. The number of hydrogen-bond donors (Lipinski definition) is 4. The van der Waals surface area contributed by atoms with Crippen LogP contribution in [0.15, 0.2) is 83.6 Å². The number of carboxylic acid groups (broad SMARTS) is 2. The molecule has 5 aromatic rings. The third-order valence-electron chi connectivity index (χ3n) is 5.81. The second kappa shape index (κ2) is 11.1. The van der Waals surface area contributed by atoms with E-state index < -0.39 is 11.9 Å². The van der Waals surface area contributed by atoms with Gasteiger partial charge in [-0.2, -0.15) is 0 Å². The van der Waals surface area contributed by atoms with E-state index in [2.05, 4.69) is 15.0 Å². The zero-order valence-corrected chi connectivity index (χ0v) is 21.3. The maximum atomic E-state index is 11.9. The molecule has 5 aromatic heterocycles. The summed E-state index contributed by atoms with van der Waals surface area (Å²) in [4.78, 5) is 38.2. The highest BCUT2D eigenvalue weighted by Gasteiger charge is 2.16. The number of pyridine rings is 3. The molecule has 0 spiro atoms. The number of allylic oxidation sites excluding steroid dienone is 2. The molecular weight excluding hydrogens is 530 g/mol. The Morgan fingerprint density at radius 2 is 1.43 bits per heavy atom. The van der Waals surface area contributed by atoms with E-state index in [9.17, 15) is 19.8 Å². The Kier molecular flexibility index (Phi) is 7.20. The minimum Gasteiger partial charge on any atom is -0.478 e. The van der Waals surface area contributed by atoms with Crippen molar-refractivity contribution in [3.63, 3.8) is 0 Å². The van der Waals surface area contributed by atoms with Gasteiger partial charge in [-0.05, 0) is 72.3 Å². The molecule has 0 bridgehead atoms. The van der Waals surface area contributed by atoms with E-state index in [1.54, 1.807) is 24.4 Å². The summed E-state index contributed by atoms with van der Waals surface area (Å²) in [5.74, 6) is -1.20. The topological polar surface area (TPSA) is 174 Å². The standard InChI is InChI=1S/C29H19N5O5S/c30-8-5-18(15-31)24-1-2-25(39-24)27-4-3-26(40-27)16-6-9-32-20(11-16)22-13-19(29(37)38)14-23(34-22)21-12-17(28(35)36)7-10-33-21/h1-15,30-31H,(H,35,36)(H,37,38)/b18-5+,30-8?,31-15?. The molecule has 0 aliphatic heterocycles. The van der Waals surface area contributed by atoms with Gasteiger partial charge in [0.2, 0.25) is 0 Å². The maximum Gasteiger partial charge on any atom is 0.335 e. The second-order valence-electron chi connectivity index (χ2n) is 8.36. The lowest BCUT2D eigenvalue weighted by Gasteiger charge is -2.08. The normalized spacial score (nSPS) is 11.2. The Morgan fingerprint density at radius 1 is 0.775 bits per heavy atom. The Labute approximate surface area is 231 Å². The van der Waals surface area contributed by atoms with Gasteiger partial charge in [0.15, 0.2) is 0 Å². The lowest BCUT2D eigenvalue weighted by Crippen LogP contribution is -2.02. The third kappa shape index (κ3) is 5.35. The van der Waals surface area contributed by atoms with E-state index in [-0.39, 0.29) is 22.5 Å². The Balaban J connectivity index is 1.50. The van der Waals surface area contributed by atoms with Crippen LogP contribution in [-0.4, -0.2) is 49.5 Å². The first-order chi connectivity index (χ1) is 19.4. The predicted molar refractivity (Wildman–Crippen MR) is 151 cm³/mol. The molecule has 40 heavy (non-hydrogen) atoms. The molecule has 11 heteroatoms. The zero-order valence-electron chi connectivity index (χ0n) is 20.5. The highest BCUT2D eigenvalue weighted by molar-refractivity contribution is 7.18. The Morgan fingerprint density at radius 3 is 2.10 bits per heavy atom. The summed E-state index contributed by atoms with van der Waals surface area (Å²) < 4.78 is 5.90. The predicted octanol–water partition coefficient (Wildman–Crippen LogP) is 6.27. The average Bonchev–Trinajstić information content (AvgIpc) is 3.66. The minimum atomic E-state index is -1.17. The van der Waals surface area contributed by atoms with Crippen LogP contribution in [0.5, 0.6) is 0 Å². The van der Waals surface area contributed by atoms with Crippen LogP contribution in [0, 0.1) is 10.8 Å². The molecular formula is C29H19N5O5S. The van der Waals surface area contributed by atoms with E-state index >= 15 is 0 Å². The van der Waals surface area contributed by atoms with Crippen LogP contribution in [0.2, 0.25) is 0 Å². The molecule has 5 heterocycles. The van der Waals surface area contributed by atoms with E-state index in [0.29, 0.717) is 28.5 Å². The van der Waals surface area contributed by atoms with Crippen molar-refractivity contribution in [2.24, 2.45) is 0 Å². The zero-order chi connectivity index (χ0) is 28.2. The SMILES string of the molecule is N=C/C=C(\C=N)c1ccc(-c2ccc(-c3ccnc(-c4cc(C(=O)O)cc(-c5cc(C(=O)O)ccn5)n4)c3)s2)o1. The summed E-state index contributed by atoms with van der Waals surface area (Å²) in [6.45, 7) is 0. The van der Waals surface area contributed by atoms with Gasteiger partial charge in [0.25, 0.3) is 0 Å². The van der Waals surface area contributed by atoms with Gasteiger partial charge in [-0.1, -0.05) is 0 Å². The van der Waals surface area contributed by atoms with Gasteiger partial charge in [0, 0.05) is 35.3 Å². The first kappa shape index (κ1) is 26.1. The van der Waals surface area contributed by atoms with Crippen molar-refractivity contribution >= 4 is 41.3 Å². The van der Waals surface area contributed by atoms with Gasteiger partial charge in [-0.25, -0.2) is 14.6 Å². The molecule has 10 nitrogen and oxygen atoms in total. The number of furan rings is 1. The summed E-state index contributed by atoms with van der Waals surface area (Å²) in [6.07, 6.45) is 6.64. The summed E-state index contributed by atoms with van der Waals surface area (Å²) in [7, 11) is 0. The van der Waals surface area contributed by atoms with Crippen molar-refractivity contribution < 1.29 is 24.2 Å². The van der Waals surface area contributed by atoms with Gasteiger partial charge in [-0.15, -0.1) is 11.3 Å². The van der Waals surface area contributed by atoms with Crippen molar-refractivity contribution in [1.29, 1.82) is 10.8 Å². The molecule has 0 saturated carbocycles. The largest absolute Gasteiger partial charge is 0.478 e. The summed E-state index contributed by atoms with van der Waals surface area (Å²) in [5, 5.41) is 33.8. The molecule has 0 amide bonds. The van der Waals surface area contributed by atoms with Gasteiger partial charge in [-0.3, -0.25) is 9.97 Å². The molecule has 0 fully saturated rings. The molecule has 0 saturated heterocycles. The number of nitrogens with one attached hydrogen (secondary N) is 2. The quantitative estimate of drug-likeness (QED) is 0.156. The Bertz CT molecular complexity index is 1820. The lowest BCUT2D eigenvalue weighted by atomic mass is 10.1. The molecule has 0 radical (unpaired) electrons. The van der Waals surface area contributed by atoms with Crippen molar-refractivity contribution in [3.05, 3.63) is 96.0 Å². The number of carbonyl (C=O) groups is 2. The smallest absolute Gasteiger partial charge is 0.335 e. The third-order valence-corrected chi connectivity index (χ3v) is 6.96. The fourth-order valence-electron chi connectivity index (χ4n) is 3.89. The van der Waals surface area contributed by atoms with E-state index in [1.807, 2.05) is 18.2 Å². The Hall–Kier alpha value is -5.55. The molecule has 196 valence electrons. The average molecular weight is 550 g/mol. The molecule has 4 N–H and O–H groups in total. The number of aromatic carboxylic acids is 2. The van der Waals surface area contributed by atoms with Gasteiger partial charge in [0.05, 0.1) is 38.8 Å². The number of nitrogens with zero attached hydrogens (tertiary/aromatic N) is 3. The summed E-state index contributed by atoms with van der Waals surface area (Å²) in [6, 6.07) is 16.4. The number of rotatable bonds is 9. The van der Waals surface area contributed by atoms with Gasteiger partial charge >= 0.3 is 11.9 Å². The fraction of sp³-hybridized carbons (Fsp3) is 0. The molecule has 0 aromatic carbocycles. The maximum absolute atomic E-state index is 11.9. The first-order valence-corrected chi connectivity index (χ1v) is 12.5. The van der Waals surface area contributed by atoms with Crippen LogP contribution < -0.4 is 0 Å². The highest BCUT2D eigenvalue weighted by atomic mass is 32.1. The van der Waals surface area contributed by atoms with Crippen LogP contribution in [-0.2, 0) is 0 Å². The minimum absolute atomic E-state index is 0.00571. The van der Waals surface area contributed by atoms with Crippen LogP contribution >= 0.6 is 11.3 Å². The number of thiophene rings is 1. The monoisotopic (exact) mass is 549 g/mol. The molecule has 5 rings (SSSR count). The van der Waals surface area contributed by atoms with Crippen molar-refractivity contribution in [2.75, 3.05) is 0 Å². The van der Waals surface area contributed by atoms with E-state index in [1.165, 1.54) is 47.9 Å². The molecule has 0 aliphatic rings. The number of carboxylic acids is 2. The number of hydrogen-bond acceptors (Lipinski definition) is 9. The highest BCUT2D eigenvalue weighted by Crippen LogP contribution is 2.37. The van der Waals surface area contributed by atoms with Crippen LogP contribution in [0.4, 0.5) is 0 Å². The first-order valence-electron chi connectivity index (χ1n) is 11.7. The lowest BCUT2D eigenvalue weighted by molar-refractivity contribution is 0.0686. The van der Waals surface area contributed by atoms with Crippen molar-refractivity contribution in [1.82, 2.24) is 15.0 Å². The van der Waals surface area contributed by atoms with E-state index in [4.69, 9.17) is 15.2 Å². The number of aromatic nitrogens is 3. The van der Waals surface area contributed by atoms with Crippen molar-refractivity contribution in [3.8, 4) is 43.9 Å². The molecule has 0 atom stereocenters. The van der Waals surface area contributed by atoms with Crippen LogP contribution in [0.3, 0.4) is 0 Å². The van der Waals surface area contributed by atoms with Crippen LogP contribution in [0.1, 0.15) is 26.5 Å². The van der Waals surface area contributed by atoms with Gasteiger partial charge < -0.3 is 25.4 Å². The second-order valence-corrected chi connectivity index (χ2v) is 9.44. The van der Waals surface area contributed by atoms with E-state index in [0.717, 1.165) is 27.7 Å². The summed E-state index contributed by atoms with van der Waals surface area (Å²) >= 11 is 1.48. The fourth-order valence-corrected chi connectivity index (χ4v) is 4.85. The molecule has 0 unspecified atom stereocenters. The van der Waals surface area contributed by atoms with Crippen molar-refractivity contribution in [2.45, 2.75) is 0 Å². The summed E-state index contributed by atoms with van der Waals surface area (Å²) in [5.41, 5.74) is 2.43. The van der Waals surface area contributed by atoms with Crippen LogP contribution in [0.25, 0.3) is 49.4 Å².